The molecular weight excluding hydrogens is 253 g/mol. The third kappa shape index (κ3) is 2.81. The number of halogens is 2. The van der Waals surface area contributed by atoms with Crippen LogP contribution in [0.5, 0.6) is 0 Å². The maximum Gasteiger partial charge on any atom is 0.0484 e. The first kappa shape index (κ1) is 12.4. The zero-order chi connectivity index (χ0) is 12.3. The Kier molecular flexibility index (Phi) is 4.06. The second-order valence-electron chi connectivity index (χ2n) is 3.82. The smallest absolute Gasteiger partial charge is 0.0484 e. The van der Waals surface area contributed by atoms with Crippen LogP contribution in [0.1, 0.15) is 5.56 Å². The summed E-state index contributed by atoms with van der Waals surface area (Å²) in [6.07, 6.45) is 0. The minimum Gasteiger partial charge on any atom is -0.316 e. The summed E-state index contributed by atoms with van der Waals surface area (Å²) in [6.45, 7) is 0.747. The highest BCUT2D eigenvalue weighted by molar-refractivity contribution is 6.33. The lowest BCUT2D eigenvalue weighted by Crippen LogP contribution is -2.05. The van der Waals surface area contributed by atoms with Crippen molar-refractivity contribution in [3.63, 3.8) is 0 Å². The van der Waals surface area contributed by atoms with Crippen LogP contribution in [0.4, 0.5) is 0 Å². The van der Waals surface area contributed by atoms with E-state index in [4.69, 9.17) is 23.2 Å². The minimum absolute atomic E-state index is 0.747. The predicted octanol–water partition coefficient (Wildman–Crippen LogP) is 4.38. The molecular formula is C14H13Cl2N. The van der Waals surface area contributed by atoms with Crippen LogP contribution in [0, 0.1) is 0 Å². The first-order chi connectivity index (χ1) is 8.22. The molecule has 0 heterocycles. The van der Waals surface area contributed by atoms with Gasteiger partial charge in [0.25, 0.3) is 0 Å². The molecule has 0 saturated heterocycles. The average Bonchev–Trinajstić information content (AvgIpc) is 2.33. The van der Waals surface area contributed by atoms with Gasteiger partial charge in [-0.2, -0.15) is 0 Å². The fourth-order valence-electron chi connectivity index (χ4n) is 1.76. The highest BCUT2D eigenvalue weighted by atomic mass is 35.5. The number of hydrogen-bond donors (Lipinski definition) is 1. The van der Waals surface area contributed by atoms with E-state index in [-0.39, 0.29) is 0 Å². The monoisotopic (exact) mass is 265 g/mol. The van der Waals surface area contributed by atoms with Gasteiger partial charge in [0.05, 0.1) is 0 Å². The molecule has 2 aromatic carbocycles. The van der Waals surface area contributed by atoms with E-state index in [0.29, 0.717) is 0 Å². The molecule has 0 aromatic heterocycles. The van der Waals surface area contributed by atoms with Crippen LogP contribution in [-0.2, 0) is 6.54 Å². The largest absolute Gasteiger partial charge is 0.316 e. The first-order valence-electron chi connectivity index (χ1n) is 5.40. The molecule has 0 unspecified atom stereocenters. The number of rotatable bonds is 3. The van der Waals surface area contributed by atoms with Gasteiger partial charge in [0.2, 0.25) is 0 Å². The molecule has 0 saturated carbocycles. The highest BCUT2D eigenvalue weighted by Crippen LogP contribution is 2.30. The van der Waals surface area contributed by atoms with Crippen LogP contribution in [0.2, 0.25) is 10.0 Å². The Labute approximate surface area is 111 Å². The Balaban J connectivity index is 2.46. The van der Waals surface area contributed by atoms with Gasteiger partial charge in [-0.3, -0.25) is 0 Å². The summed E-state index contributed by atoms with van der Waals surface area (Å²) in [6, 6.07) is 13.8. The fourth-order valence-corrected chi connectivity index (χ4v) is 2.19. The van der Waals surface area contributed by atoms with E-state index in [1.807, 2.05) is 43.4 Å². The van der Waals surface area contributed by atoms with E-state index in [2.05, 4.69) is 11.4 Å². The summed E-state index contributed by atoms with van der Waals surface area (Å²) in [5.74, 6) is 0. The lowest BCUT2D eigenvalue weighted by atomic mass is 10.0. The van der Waals surface area contributed by atoms with Crippen LogP contribution in [-0.4, -0.2) is 7.05 Å². The van der Waals surface area contributed by atoms with E-state index >= 15 is 0 Å². The van der Waals surface area contributed by atoms with Gasteiger partial charge < -0.3 is 5.32 Å². The van der Waals surface area contributed by atoms with Gasteiger partial charge in [-0.25, -0.2) is 0 Å². The van der Waals surface area contributed by atoms with Crippen LogP contribution in [0.15, 0.2) is 42.5 Å². The molecule has 1 N–H and O–H groups in total. The number of hydrogen-bond acceptors (Lipinski definition) is 1. The molecule has 3 heteroatoms. The van der Waals surface area contributed by atoms with Gasteiger partial charge in [-0.05, 0) is 36.4 Å². The molecule has 2 rings (SSSR count). The molecule has 0 aliphatic carbocycles. The minimum atomic E-state index is 0.747. The SMILES string of the molecule is CNCc1cc(-c2ccccc2Cl)ccc1Cl. The molecule has 0 atom stereocenters. The molecule has 2 aromatic rings. The molecule has 1 nitrogen and oxygen atoms in total. The number of nitrogens with one attached hydrogen (secondary N) is 1. The highest BCUT2D eigenvalue weighted by Gasteiger charge is 2.05. The van der Waals surface area contributed by atoms with Crippen LogP contribution in [0.25, 0.3) is 11.1 Å². The van der Waals surface area contributed by atoms with Gasteiger partial charge in [-0.15, -0.1) is 0 Å². The summed E-state index contributed by atoms with van der Waals surface area (Å²) in [5.41, 5.74) is 3.19. The molecule has 0 fully saturated rings. The summed E-state index contributed by atoms with van der Waals surface area (Å²) in [5, 5.41) is 4.63. The van der Waals surface area contributed by atoms with Crippen molar-refractivity contribution in [3.8, 4) is 11.1 Å². The predicted molar refractivity (Wildman–Crippen MR) is 74.7 cm³/mol. The van der Waals surface area contributed by atoms with Gasteiger partial charge in [0, 0.05) is 22.2 Å². The van der Waals surface area contributed by atoms with Crippen molar-refractivity contribution in [1.82, 2.24) is 5.32 Å². The Morgan fingerprint density at radius 3 is 2.47 bits per heavy atom. The maximum absolute atomic E-state index is 6.18. The van der Waals surface area contributed by atoms with Crippen molar-refractivity contribution < 1.29 is 0 Å². The van der Waals surface area contributed by atoms with Gasteiger partial charge >= 0.3 is 0 Å². The Morgan fingerprint density at radius 1 is 1.00 bits per heavy atom. The molecule has 0 radical (unpaired) electrons. The Morgan fingerprint density at radius 2 is 1.76 bits per heavy atom. The normalized spacial score (nSPS) is 10.5. The topological polar surface area (TPSA) is 12.0 Å². The van der Waals surface area contributed by atoms with E-state index in [9.17, 15) is 0 Å². The quantitative estimate of drug-likeness (QED) is 0.869. The zero-order valence-corrected chi connectivity index (χ0v) is 11.0. The second-order valence-corrected chi connectivity index (χ2v) is 4.63. The summed E-state index contributed by atoms with van der Waals surface area (Å²) in [4.78, 5) is 0. The van der Waals surface area contributed by atoms with Crippen molar-refractivity contribution in [2.24, 2.45) is 0 Å². The molecule has 0 spiro atoms. The third-order valence-electron chi connectivity index (χ3n) is 2.60. The molecule has 0 bridgehead atoms. The van der Waals surface area contributed by atoms with E-state index < -0.39 is 0 Å². The summed E-state index contributed by atoms with van der Waals surface area (Å²) in [7, 11) is 1.90. The van der Waals surface area contributed by atoms with Crippen molar-refractivity contribution in [2.45, 2.75) is 6.54 Å². The Hall–Kier alpha value is -1.02. The molecule has 17 heavy (non-hydrogen) atoms. The first-order valence-corrected chi connectivity index (χ1v) is 6.16. The van der Waals surface area contributed by atoms with Crippen LogP contribution < -0.4 is 5.32 Å². The van der Waals surface area contributed by atoms with Crippen molar-refractivity contribution >= 4 is 23.2 Å². The summed E-state index contributed by atoms with van der Waals surface area (Å²) >= 11 is 12.3. The van der Waals surface area contributed by atoms with Crippen LogP contribution >= 0.6 is 23.2 Å². The zero-order valence-electron chi connectivity index (χ0n) is 9.50. The van der Waals surface area contributed by atoms with E-state index in [1.54, 1.807) is 0 Å². The van der Waals surface area contributed by atoms with Crippen molar-refractivity contribution in [3.05, 3.63) is 58.1 Å². The van der Waals surface area contributed by atoms with Crippen molar-refractivity contribution in [2.75, 3.05) is 7.05 Å². The van der Waals surface area contributed by atoms with E-state index in [0.717, 1.165) is 33.3 Å². The van der Waals surface area contributed by atoms with Gasteiger partial charge in [-0.1, -0.05) is 47.5 Å². The second kappa shape index (κ2) is 5.54. The van der Waals surface area contributed by atoms with E-state index in [1.165, 1.54) is 0 Å². The lowest BCUT2D eigenvalue weighted by Gasteiger charge is -2.08. The maximum atomic E-state index is 6.18. The molecule has 0 aliphatic heterocycles. The van der Waals surface area contributed by atoms with Crippen LogP contribution in [0.3, 0.4) is 0 Å². The molecule has 0 amide bonds. The lowest BCUT2D eigenvalue weighted by molar-refractivity contribution is 0.818. The standard InChI is InChI=1S/C14H13Cl2N/c1-17-9-11-8-10(6-7-13(11)15)12-4-2-3-5-14(12)16/h2-8,17H,9H2,1H3. The fraction of sp³-hybridized carbons (Fsp3) is 0.143. The third-order valence-corrected chi connectivity index (χ3v) is 3.30. The van der Waals surface area contributed by atoms with Crippen molar-refractivity contribution in [1.29, 1.82) is 0 Å². The Bertz CT molecular complexity index is 523. The summed E-state index contributed by atoms with van der Waals surface area (Å²) < 4.78 is 0. The van der Waals surface area contributed by atoms with Gasteiger partial charge in [0.15, 0.2) is 0 Å². The molecule has 88 valence electrons. The van der Waals surface area contributed by atoms with Gasteiger partial charge in [0.1, 0.15) is 0 Å². The average molecular weight is 266 g/mol. The molecule has 0 aliphatic rings. The number of benzene rings is 2.